The van der Waals surface area contributed by atoms with Gasteiger partial charge in [0.1, 0.15) is 13.2 Å². The largest absolute Gasteiger partial charge is 0.388 e. The summed E-state index contributed by atoms with van der Waals surface area (Å²) < 4.78 is 11.1. The van der Waals surface area contributed by atoms with Crippen LogP contribution in [0.5, 0.6) is 0 Å². The van der Waals surface area contributed by atoms with E-state index in [1.54, 1.807) is 60.7 Å². The van der Waals surface area contributed by atoms with Crippen molar-refractivity contribution in [2.45, 2.75) is 63.3 Å². The number of hydrogen-bond acceptors (Lipinski definition) is 9. The molecular formula is C59H58N2O9. The molecule has 358 valence electrons. The molecule has 70 heavy (non-hydrogen) atoms. The van der Waals surface area contributed by atoms with Crippen LogP contribution in [-0.4, -0.2) is 78.2 Å². The van der Waals surface area contributed by atoms with Gasteiger partial charge in [-0.25, -0.2) is 0 Å². The van der Waals surface area contributed by atoms with Gasteiger partial charge in [0.25, 0.3) is 0 Å². The Balaban J connectivity index is 0.000000233. The highest BCUT2D eigenvalue weighted by atomic mass is 16.7. The summed E-state index contributed by atoms with van der Waals surface area (Å²) in [7, 11) is 0. The number of hydrogen-bond donors (Lipinski definition) is 3. The summed E-state index contributed by atoms with van der Waals surface area (Å²) in [6.07, 6.45) is 9.88. The lowest BCUT2D eigenvalue weighted by Crippen LogP contribution is -2.42. The zero-order valence-electron chi connectivity index (χ0n) is 39.0. The molecule has 11 nitrogen and oxygen atoms in total. The molecule has 1 unspecified atom stereocenters. The van der Waals surface area contributed by atoms with E-state index >= 15 is 0 Å². The minimum absolute atomic E-state index is 0.0371. The van der Waals surface area contributed by atoms with E-state index in [2.05, 4.69) is 10.6 Å². The number of benzene rings is 6. The summed E-state index contributed by atoms with van der Waals surface area (Å²) in [4.78, 5) is 75.6. The SMILES string of the molecule is O=C(/C=C/c1ccccc1)N[C@@H](Cc1ccccc1)C(=O)Cc1ccc(C(=O)CO)cc1.O=C(/C=C/c1ccccc1)N[C@@H](Cc1ccccc1)C(=O)Cc1ccc(C(=O)COC2CCCCO2)cc1. The van der Waals surface area contributed by atoms with E-state index in [1.165, 1.54) is 12.2 Å². The smallest absolute Gasteiger partial charge is 0.244 e. The van der Waals surface area contributed by atoms with Gasteiger partial charge in [-0.05, 0) is 77.6 Å². The number of ether oxygens (including phenoxy) is 2. The quantitative estimate of drug-likeness (QED) is 0.0448. The fraction of sp³-hybridized carbons (Fsp3) is 0.220. The third-order valence-electron chi connectivity index (χ3n) is 11.4. The summed E-state index contributed by atoms with van der Waals surface area (Å²) in [6, 6.07) is 50.3. The van der Waals surface area contributed by atoms with E-state index < -0.39 is 18.7 Å². The Hall–Kier alpha value is -7.70. The topological polar surface area (TPSA) is 165 Å². The normalized spacial score (nSPS) is 14.2. The van der Waals surface area contributed by atoms with Gasteiger partial charge < -0.3 is 25.2 Å². The molecular weight excluding hydrogens is 881 g/mol. The first-order valence-corrected chi connectivity index (χ1v) is 23.4. The number of amides is 2. The number of aliphatic hydroxyl groups excluding tert-OH is 1. The molecule has 0 radical (unpaired) electrons. The predicted octanol–water partition coefficient (Wildman–Crippen LogP) is 8.38. The summed E-state index contributed by atoms with van der Waals surface area (Å²) >= 11 is 0. The summed E-state index contributed by atoms with van der Waals surface area (Å²) in [5.74, 6) is -1.40. The fourth-order valence-electron chi connectivity index (χ4n) is 7.55. The number of aliphatic hydroxyl groups is 1. The Kier molecular flexibility index (Phi) is 20.6. The molecule has 1 aliphatic rings. The van der Waals surface area contributed by atoms with Crippen molar-refractivity contribution in [2.24, 2.45) is 0 Å². The summed E-state index contributed by atoms with van der Waals surface area (Å²) in [5.41, 5.74) is 6.13. The second kappa shape index (κ2) is 28.0. The number of rotatable bonds is 22. The molecule has 1 fully saturated rings. The van der Waals surface area contributed by atoms with Crippen molar-refractivity contribution >= 4 is 47.1 Å². The first kappa shape index (κ1) is 51.7. The van der Waals surface area contributed by atoms with Crippen LogP contribution < -0.4 is 10.6 Å². The molecule has 6 aromatic carbocycles. The van der Waals surface area contributed by atoms with Crippen LogP contribution in [0.2, 0.25) is 0 Å². The molecule has 3 N–H and O–H groups in total. The standard InChI is InChI=1S/C32H33NO5.C27H25NO4/c34-29(22-26-14-17-27(18-15-26)30(35)23-38-32-13-7-8-20-37-32)28(21-25-11-5-2-6-12-25)33-31(36)19-16-24-9-3-1-4-10-24;29-19-26(31)23-14-11-22(12-15-23)18-25(30)24(17-21-9-5-2-6-10-21)28-27(32)16-13-20-7-3-1-4-8-20/h1-6,9-12,14-19,28,32H,7-8,13,20-23H2,(H,33,36);1-16,24,29H,17-19H2,(H,28,32)/b19-16+;16-13+/t28-,32?;24-/m00/s1. The minimum Gasteiger partial charge on any atom is -0.388 e. The number of ketones is 4. The van der Waals surface area contributed by atoms with Crippen molar-refractivity contribution in [3.8, 4) is 0 Å². The van der Waals surface area contributed by atoms with Gasteiger partial charge in [0.15, 0.2) is 29.4 Å². The van der Waals surface area contributed by atoms with E-state index in [0.717, 1.165) is 52.6 Å². The molecule has 7 rings (SSSR count). The molecule has 3 atom stereocenters. The molecule has 0 spiro atoms. The number of carbonyl (C=O) groups excluding carboxylic acids is 6. The Morgan fingerprint density at radius 3 is 1.34 bits per heavy atom. The van der Waals surface area contributed by atoms with E-state index in [1.807, 2.05) is 121 Å². The van der Waals surface area contributed by atoms with Crippen LogP contribution in [0, 0.1) is 0 Å². The zero-order valence-corrected chi connectivity index (χ0v) is 39.0. The van der Waals surface area contributed by atoms with Gasteiger partial charge in [-0.15, -0.1) is 0 Å². The van der Waals surface area contributed by atoms with Gasteiger partial charge in [-0.3, -0.25) is 28.8 Å². The Bertz CT molecular complexity index is 2660. The highest BCUT2D eigenvalue weighted by Crippen LogP contribution is 2.16. The summed E-state index contributed by atoms with van der Waals surface area (Å²) in [5, 5.41) is 14.7. The third kappa shape index (κ3) is 17.7. The van der Waals surface area contributed by atoms with Crippen molar-refractivity contribution in [2.75, 3.05) is 19.8 Å². The van der Waals surface area contributed by atoms with Gasteiger partial charge in [0.05, 0.1) is 12.1 Å². The van der Waals surface area contributed by atoms with Crippen molar-refractivity contribution < 1.29 is 43.3 Å². The molecule has 0 aliphatic carbocycles. The maximum absolute atomic E-state index is 13.3. The van der Waals surface area contributed by atoms with Crippen LogP contribution >= 0.6 is 0 Å². The maximum atomic E-state index is 13.3. The molecule has 2 amide bonds. The van der Waals surface area contributed by atoms with Crippen molar-refractivity contribution in [3.05, 3.63) is 227 Å². The van der Waals surface area contributed by atoms with E-state index in [9.17, 15) is 28.8 Å². The second-order valence-electron chi connectivity index (χ2n) is 16.8. The highest BCUT2D eigenvalue weighted by Gasteiger charge is 2.23. The summed E-state index contributed by atoms with van der Waals surface area (Å²) in [6.45, 7) is 0.0706. The third-order valence-corrected chi connectivity index (χ3v) is 11.4. The van der Waals surface area contributed by atoms with Crippen LogP contribution in [0.15, 0.2) is 182 Å². The molecule has 0 saturated carbocycles. The van der Waals surface area contributed by atoms with Gasteiger partial charge in [-0.1, -0.05) is 170 Å². The van der Waals surface area contributed by atoms with E-state index in [4.69, 9.17) is 14.6 Å². The highest BCUT2D eigenvalue weighted by molar-refractivity contribution is 5.99. The Labute approximate surface area is 409 Å². The first-order chi connectivity index (χ1) is 34.1. The lowest BCUT2D eigenvalue weighted by atomic mass is 9.97. The number of Topliss-reactive ketones (excluding diaryl/α,β-unsaturated/α-hetero) is 4. The Morgan fingerprint density at radius 1 is 0.529 bits per heavy atom. The number of carbonyl (C=O) groups is 6. The molecule has 0 aromatic heterocycles. The van der Waals surface area contributed by atoms with Gasteiger partial charge in [0, 0.05) is 42.7 Å². The molecule has 1 heterocycles. The van der Waals surface area contributed by atoms with Gasteiger partial charge in [0.2, 0.25) is 11.8 Å². The molecule has 1 saturated heterocycles. The van der Waals surface area contributed by atoms with Crippen molar-refractivity contribution in [3.63, 3.8) is 0 Å². The minimum atomic E-state index is -0.691. The molecule has 11 heteroatoms. The van der Waals surface area contributed by atoms with Crippen LogP contribution in [0.4, 0.5) is 0 Å². The fourth-order valence-corrected chi connectivity index (χ4v) is 7.55. The monoisotopic (exact) mass is 938 g/mol. The van der Waals surface area contributed by atoms with Crippen molar-refractivity contribution in [1.29, 1.82) is 0 Å². The molecule has 0 bridgehead atoms. The molecule has 1 aliphatic heterocycles. The Morgan fingerprint density at radius 2 is 0.943 bits per heavy atom. The average Bonchev–Trinajstić information content (AvgIpc) is 3.40. The van der Waals surface area contributed by atoms with E-state index in [-0.39, 0.29) is 60.7 Å². The van der Waals surface area contributed by atoms with Gasteiger partial charge in [-0.2, -0.15) is 0 Å². The zero-order chi connectivity index (χ0) is 49.3. The van der Waals surface area contributed by atoms with E-state index in [0.29, 0.717) is 30.6 Å². The van der Waals surface area contributed by atoms with Crippen molar-refractivity contribution in [1.82, 2.24) is 10.6 Å². The first-order valence-electron chi connectivity index (χ1n) is 23.4. The lowest BCUT2D eigenvalue weighted by Gasteiger charge is -2.22. The predicted molar refractivity (Wildman–Crippen MR) is 271 cm³/mol. The van der Waals surface area contributed by atoms with Gasteiger partial charge >= 0.3 is 0 Å². The van der Waals surface area contributed by atoms with Crippen LogP contribution in [0.25, 0.3) is 12.2 Å². The second-order valence-corrected chi connectivity index (χ2v) is 16.8. The van der Waals surface area contributed by atoms with Crippen LogP contribution in [0.3, 0.4) is 0 Å². The average molecular weight is 939 g/mol. The number of nitrogens with one attached hydrogen (secondary N) is 2. The van der Waals surface area contributed by atoms with Crippen LogP contribution in [-0.2, 0) is 54.3 Å². The maximum Gasteiger partial charge on any atom is 0.244 e. The lowest BCUT2D eigenvalue weighted by molar-refractivity contribution is -0.155. The molecule has 6 aromatic rings. The van der Waals surface area contributed by atoms with Crippen LogP contribution in [0.1, 0.15) is 73.4 Å².